The molecule has 0 unspecified atom stereocenters. The summed E-state index contributed by atoms with van der Waals surface area (Å²) in [5, 5.41) is 0.568. The molecule has 17 heavy (non-hydrogen) atoms. The van der Waals surface area contributed by atoms with Crippen molar-refractivity contribution in [2.75, 3.05) is 33.5 Å². The lowest BCUT2D eigenvalue weighted by Gasteiger charge is -2.04. The summed E-state index contributed by atoms with van der Waals surface area (Å²) in [5.41, 5.74) is 0. The number of halogens is 1. The first-order valence-electron chi connectivity index (χ1n) is 5.09. The summed E-state index contributed by atoms with van der Waals surface area (Å²) in [6.45, 7) is 2.17. The van der Waals surface area contributed by atoms with E-state index in [-0.39, 0.29) is 5.15 Å². The van der Waals surface area contributed by atoms with E-state index in [9.17, 15) is 4.79 Å². The zero-order valence-electron chi connectivity index (χ0n) is 9.48. The number of hydrogen-bond acceptors (Lipinski definition) is 6. The van der Waals surface area contributed by atoms with Crippen molar-refractivity contribution in [3.8, 4) is 5.19 Å². The van der Waals surface area contributed by atoms with Crippen molar-refractivity contribution in [3.63, 3.8) is 0 Å². The highest BCUT2D eigenvalue weighted by molar-refractivity contribution is 7.15. The minimum atomic E-state index is 0.181. The predicted octanol–water partition coefficient (Wildman–Crippen LogP) is 2.04. The van der Waals surface area contributed by atoms with E-state index in [0.29, 0.717) is 42.8 Å². The van der Waals surface area contributed by atoms with Gasteiger partial charge in [-0.25, -0.2) is 0 Å². The molecule has 0 saturated carbocycles. The third-order valence-electron chi connectivity index (χ3n) is 1.79. The number of aromatic nitrogens is 1. The van der Waals surface area contributed by atoms with Crippen LogP contribution in [0.25, 0.3) is 0 Å². The molecule has 0 radical (unpaired) electrons. The Morgan fingerprint density at radius 3 is 2.82 bits per heavy atom. The van der Waals surface area contributed by atoms with Crippen LogP contribution < -0.4 is 4.74 Å². The Balaban J connectivity index is 2.11. The highest BCUT2D eigenvalue weighted by Gasteiger charge is 2.08. The van der Waals surface area contributed by atoms with Crippen LogP contribution in [0.2, 0.25) is 5.15 Å². The van der Waals surface area contributed by atoms with Gasteiger partial charge < -0.3 is 14.2 Å². The Morgan fingerprint density at radius 2 is 2.18 bits per heavy atom. The smallest absolute Gasteiger partial charge is 0.275 e. The molecule has 0 atom stereocenters. The predicted molar refractivity (Wildman–Crippen MR) is 65.3 cm³/mol. The van der Waals surface area contributed by atoms with Crippen LogP contribution in [0.3, 0.4) is 0 Å². The van der Waals surface area contributed by atoms with Crippen LogP contribution in [0.5, 0.6) is 5.19 Å². The molecule has 0 spiro atoms. The molecule has 0 N–H and O–H groups in total. The number of carbonyl (C=O) groups excluding carboxylic acids is 1. The molecule has 0 bridgehead atoms. The lowest BCUT2D eigenvalue weighted by molar-refractivity contribution is 0.0806. The maximum Gasteiger partial charge on any atom is 0.275 e. The summed E-state index contributed by atoms with van der Waals surface area (Å²) in [7, 11) is 1.65. The number of thiazole rings is 1. The molecule has 7 heteroatoms. The molecular formula is C10H14ClNO4S. The number of rotatable bonds is 9. The zero-order chi connectivity index (χ0) is 12.5. The Morgan fingerprint density at radius 1 is 1.35 bits per heavy atom. The van der Waals surface area contributed by atoms with Gasteiger partial charge >= 0.3 is 0 Å². The van der Waals surface area contributed by atoms with Crippen molar-refractivity contribution >= 4 is 29.2 Å². The third kappa shape index (κ3) is 5.45. The first-order chi connectivity index (χ1) is 8.27. The van der Waals surface area contributed by atoms with Gasteiger partial charge in [-0.1, -0.05) is 22.9 Å². The van der Waals surface area contributed by atoms with Gasteiger partial charge in [-0.15, -0.1) is 0 Å². The second kappa shape index (κ2) is 8.41. The maximum absolute atomic E-state index is 10.5. The van der Waals surface area contributed by atoms with E-state index < -0.39 is 0 Å². The van der Waals surface area contributed by atoms with Crippen molar-refractivity contribution in [1.82, 2.24) is 4.98 Å². The Hall–Kier alpha value is -0.690. The van der Waals surface area contributed by atoms with Crippen molar-refractivity contribution in [3.05, 3.63) is 10.0 Å². The van der Waals surface area contributed by atoms with E-state index in [0.717, 1.165) is 17.8 Å². The highest BCUT2D eigenvalue weighted by atomic mass is 35.5. The fourth-order valence-electron chi connectivity index (χ4n) is 1.02. The van der Waals surface area contributed by atoms with E-state index in [1.165, 1.54) is 0 Å². The number of ether oxygens (including phenoxy) is 3. The fourth-order valence-corrected chi connectivity index (χ4v) is 1.96. The maximum atomic E-state index is 10.5. The molecule has 5 nitrogen and oxygen atoms in total. The third-order valence-corrected chi connectivity index (χ3v) is 3.08. The molecule has 1 rings (SSSR count). The van der Waals surface area contributed by atoms with Gasteiger partial charge in [0.1, 0.15) is 11.5 Å². The molecule has 0 aliphatic rings. The lowest BCUT2D eigenvalue weighted by atomic mass is 10.5. The Kier molecular flexibility index (Phi) is 7.11. The van der Waals surface area contributed by atoms with Gasteiger partial charge in [0.25, 0.3) is 5.19 Å². The molecular weight excluding hydrogens is 266 g/mol. The standard InChI is InChI=1S/C10H14ClNO4S/c1-14-3-2-4-15-5-6-16-10-12-9(11)8(7-13)17-10/h7H,2-6H2,1H3. The molecule has 1 aromatic heterocycles. The summed E-state index contributed by atoms with van der Waals surface area (Å²) in [6.07, 6.45) is 1.52. The molecule has 0 aliphatic carbocycles. The van der Waals surface area contributed by atoms with E-state index in [2.05, 4.69) is 4.98 Å². The SMILES string of the molecule is COCCCOCCOc1nc(Cl)c(C=O)s1. The van der Waals surface area contributed by atoms with Crippen LogP contribution in [0.4, 0.5) is 0 Å². The van der Waals surface area contributed by atoms with Crippen molar-refractivity contribution < 1.29 is 19.0 Å². The fraction of sp³-hybridized carbons (Fsp3) is 0.600. The first kappa shape index (κ1) is 14.4. The van der Waals surface area contributed by atoms with Gasteiger partial charge in [0.15, 0.2) is 11.4 Å². The molecule has 0 saturated heterocycles. The van der Waals surface area contributed by atoms with E-state index >= 15 is 0 Å². The molecule has 0 fully saturated rings. The number of nitrogens with zero attached hydrogens (tertiary/aromatic N) is 1. The molecule has 0 aliphatic heterocycles. The summed E-state index contributed by atoms with van der Waals surface area (Å²) in [6, 6.07) is 0. The van der Waals surface area contributed by atoms with Gasteiger partial charge in [0, 0.05) is 20.3 Å². The molecule has 96 valence electrons. The van der Waals surface area contributed by atoms with Crippen molar-refractivity contribution in [2.24, 2.45) is 0 Å². The van der Waals surface area contributed by atoms with Crippen LogP contribution in [-0.2, 0) is 9.47 Å². The second-order valence-corrected chi connectivity index (χ2v) is 4.41. The topological polar surface area (TPSA) is 57.6 Å². The summed E-state index contributed by atoms with van der Waals surface area (Å²) >= 11 is 6.81. The van der Waals surface area contributed by atoms with E-state index in [4.69, 9.17) is 25.8 Å². The van der Waals surface area contributed by atoms with E-state index in [1.54, 1.807) is 7.11 Å². The van der Waals surface area contributed by atoms with Gasteiger partial charge in [0.2, 0.25) is 0 Å². The number of methoxy groups -OCH3 is 1. The minimum absolute atomic E-state index is 0.181. The quantitative estimate of drug-likeness (QED) is 0.511. The first-order valence-corrected chi connectivity index (χ1v) is 6.28. The van der Waals surface area contributed by atoms with Crippen LogP contribution in [0.1, 0.15) is 16.1 Å². The average molecular weight is 280 g/mol. The molecule has 1 heterocycles. The van der Waals surface area contributed by atoms with Gasteiger partial charge in [-0.05, 0) is 6.42 Å². The second-order valence-electron chi connectivity index (χ2n) is 3.06. The van der Waals surface area contributed by atoms with Crippen LogP contribution in [0, 0.1) is 0 Å². The van der Waals surface area contributed by atoms with Crippen LogP contribution in [-0.4, -0.2) is 44.8 Å². The average Bonchev–Trinajstić information content (AvgIpc) is 2.68. The van der Waals surface area contributed by atoms with Crippen LogP contribution >= 0.6 is 22.9 Å². The van der Waals surface area contributed by atoms with Gasteiger partial charge in [0.05, 0.1) is 6.61 Å². The van der Waals surface area contributed by atoms with Crippen molar-refractivity contribution in [1.29, 1.82) is 0 Å². The normalized spacial score (nSPS) is 10.5. The zero-order valence-corrected chi connectivity index (χ0v) is 11.1. The number of hydrogen-bond donors (Lipinski definition) is 0. The molecule has 1 aromatic rings. The van der Waals surface area contributed by atoms with Gasteiger partial charge in [-0.2, -0.15) is 4.98 Å². The molecule has 0 amide bonds. The summed E-state index contributed by atoms with van der Waals surface area (Å²) < 4.78 is 15.5. The molecule has 0 aromatic carbocycles. The monoisotopic (exact) mass is 279 g/mol. The van der Waals surface area contributed by atoms with Crippen molar-refractivity contribution in [2.45, 2.75) is 6.42 Å². The summed E-state index contributed by atoms with van der Waals surface area (Å²) in [4.78, 5) is 14.8. The lowest BCUT2D eigenvalue weighted by Crippen LogP contribution is -2.08. The number of carbonyl (C=O) groups is 1. The number of aldehydes is 1. The van der Waals surface area contributed by atoms with Gasteiger partial charge in [-0.3, -0.25) is 4.79 Å². The highest BCUT2D eigenvalue weighted by Crippen LogP contribution is 2.26. The minimum Gasteiger partial charge on any atom is -0.468 e. The Bertz CT molecular complexity index is 345. The Labute approximate surface area is 109 Å². The summed E-state index contributed by atoms with van der Waals surface area (Å²) in [5.74, 6) is 0. The van der Waals surface area contributed by atoms with E-state index in [1.807, 2.05) is 0 Å². The van der Waals surface area contributed by atoms with Crippen LogP contribution in [0.15, 0.2) is 0 Å². The largest absolute Gasteiger partial charge is 0.468 e.